The summed E-state index contributed by atoms with van der Waals surface area (Å²) in [6.07, 6.45) is 3.80. The van der Waals surface area contributed by atoms with Crippen LogP contribution in [0.3, 0.4) is 0 Å². The lowest BCUT2D eigenvalue weighted by atomic mass is 10.1. The predicted molar refractivity (Wildman–Crippen MR) is 157 cm³/mol. The second-order valence-electron chi connectivity index (χ2n) is 9.42. The van der Waals surface area contributed by atoms with E-state index in [1.165, 1.54) is 12.1 Å². The van der Waals surface area contributed by atoms with Crippen molar-refractivity contribution in [1.29, 1.82) is 5.26 Å². The number of rotatable bonds is 5. The number of aromatic nitrogens is 9. The van der Waals surface area contributed by atoms with Crippen LogP contribution in [0.25, 0.3) is 22.6 Å². The Bertz CT molecular complexity index is 2150. The number of anilines is 2. The minimum absolute atomic E-state index is 0.00296. The summed E-state index contributed by atoms with van der Waals surface area (Å²) < 4.78 is 30.8. The zero-order valence-corrected chi connectivity index (χ0v) is 22.9. The summed E-state index contributed by atoms with van der Waals surface area (Å²) in [5.41, 5.74) is 14.4. The smallest absolute Gasteiger partial charge is 0.225 e. The van der Waals surface area contributed by atoms with Crippen molar-refractivity contribution in [3.8, 4) is 17.6 Å². The van der Waals surface area contributed by atoms with E-state index in [1.54, 1.807) is 76.0 Å². The van der Waals surface area contributed by atoms with E-state index in [9.17, 15) is 8.78 Å². The maximum Gasteiger partial charge on any atom is 0.225 e. The third kappa shape index (κ3) is 5.57. The monoisotopic (exact) mass is 588 g/mol. The van der Waals surface area contributed by atoms with Crippen LogP contribution >= 0.6 is 0 Å². The number of hydrogen-bond acceptors (Lipinski definition) is 10. The number of imidazole rings is 2. The normalized spacial score (nSPS) is 10.8. The van der Waals surface area contributed by atoms with E-state index >= 15 is 0 Å². The lowest BCUT2D eigenvalue weighted by Crippen LogP contribution is -2.04. The van der Waals surface area contributed by atoms with Gasteiger partial charge in [0.05, 0.1) is 5.52 Å². The number of hydrogen-bond donors (Lipinski definition) is 2. The van der Waals surface area contributed by atoms with E-state index in [1.807, 2.05) is 12.1 Å². The van der Waals surface area contributed by atoms with Gasteiger partial charge in [0.2, 0.25) is 11.9 Å². The zero-order chi connectivity index (χ0) is 30.6. The molecule has 0 fully saturated rings. The molecule has 5 aromatic heterocycles. The Labute approximate surface area is 248 Å². The molecular formula is C30H22F2N12. The largest absolute Gasteiger partial charge is 0.368 e. The first-order valence-electron chi connectivity index (χ1n) is 13.2. The summed E-state index contributed by atoms with van der Waals surface area (Å²) in [5, 5.41) is 17.5. The van der Waals surface area contributed by atoms with Crippen LogP contribution in [0.1, 0.15) is 28.5 Å². The number of fused-ring (bicyclic) bond motifs is 2. The fourth-order valence-electron chi connectivity index (χ4n) is 4.60. The molecule has 44 heavy (non-hydrogen) atoms. The third-order valence-corrected chi connectivity index (χ3v) is 6.56. The van der Waals surface area contributed by atoms with Gasteiger partial charge in [-0.1, -0.05) is 36.4 Å². The Morgan fingerprint density at radius 2 is 1.16 bits per heavy atom. The third-order valence-electron chi connectivity index (χ3n) is 6.56. The van der Waals surface area contributed by atoms with Crippen LogP contribution in [0, 0.1) is 23.0 Å². The first kappa shape index (κ1) is 27.8. The summed E-state index contributed by atoms with van der Waals surface area (Å²) in [4.78, 5) is 20.7. The molecule has 0 atom stereocenters. The molecule has 0 amide bonds. The van der Waals surface area contributed by atoms with Gasteiger partial charge < -0.3 is 11.5 Å². The van der Waals surface area contributed by atoms with Crippen molar-refractivity contribution in [2.24, 2.45) is 0 Å². The Hall–Kier alpha value is -6.36. The summed E-state index contributed by atoms with van der Waals surface area (Å²) in [6, 6.07) is 22.2. The standard InChI is InChI=1S/C16H13FN8.C14H9FN4/c17-10-5-2-1-4-9(10)8-12-21-13(11-6-3-7-20-25(11)12)14-22-15(18)24-16(19)23-14;15-11-5-2-1-4-10(11)8-14-18-12(9-16)13-6-3-7-17-19(13)14/h1-7H,8H2,(H4,18,19,22,23,24);1-7H,8H2. The molecule has 7 rings (SSSR count). The van der Waals surface area contributed by atoms with Crippen LogP contribution in [0.5, 0.6) is 0 Å². The fourth-order valence-corrected chi connectivity index (χ4v) is 4.60. The Morgan fingerprint density at radius 3 is 1.73 bits per heavy atom. The van der Waals surface area contributed by atoms with Crippen molar-refractivity contribution < 1.29 is 8.78 Å². The lowest BCUT2D eigenvalue weighted by molar-refractivity contribution is 0.610. The number of benzene rings is 2. The van der Waals surface area contributed by atoms with Gasteiger partial charge in [-0.05, 0) is 47.5 Å². The molecule has 7 aromatic rings. The molecule has 0 saturated carbocycles. The van der Waals surface area contributed by atoms with E-state index < -0.39 is 0 Å². The fraction of sp³-hybridized carbons (Fsp3) is 0.0667. The van der Waals surface area contributed by atoms with Gasteiger partial charge in [-0.15, -0.1) is 0 Å². The first-order chi connectivity index (χ1) is 21.4. The molecule has 5 heterocycles. The molecule has 0 radical (unpaired) electrons. The van der Waals surface area contributed by atoms with Gasteiger partial charge in [0.1, 0.15) is 40.6 Å². The molecule has 12 nitrogen and oxygen atoms in total. The van der Waals surface area contributed by atoms with Gasteiger partial charge in [-0.25, -0.2) is 27.8 Å². The van der Waals surface area contributed by atoms with Gasteiger partial charge in [0, 0.05) is 25.2 Å². The molecule has 4 N–H and O–H groups in total. The van der Waals surface area contributed by atoms with Crippen molar-refractivity contribution in [2.45, 2.75) is 12.8 Å². The van der Waals surface area contributed by atoms with Crippen LogP contribution in [0.15, 0.2) is 85.2 Å². The Balaban J connectivity index is 0.000000162. The summed E-state index contributed by atoms with van der Waals surface area (Å²) in [7, 11) is 0. The number of nitrogens with zero attached hydrogens (tertiary/aromatic N) is 10. The summed E-state index contributed by atoms with van der Waals surface area (Å²) >= 11 is 0. The van der Waals surface area contributed by atoms with Gasteiger partial charge in [0.25, 0.3) is 0 Å². The van der Waals surface area contributed by atoms with Gasteiger partial charge in [0.15, 0.2) is 11.5 Å². The van der Waals surface area contributed by atoms with Crippen LogP contribution < -0.4 is 11.5 Å². The Kier molecular flexibility index (Phi) is 7.49. The molecule has 0 unspecified atom stereocenters. The van der Waals surface area contributed by atoms with Gasteiger partial charge in [-0.2, -0.15) is 30.4 Å². The zero-order valence-electron chi connectivity index (χ0n) is 22.9. The molecule has 216 valence electrons. The highest BCUT2D eigenvalue weighted by molar-refractivity contribution is 5.73. The van der Waals surface area contributed by atoms with Crippen molar-refractivity contribution in [3.63, 3.8) is 0 Å². The molecular weight excluding hydrogens is 566 g/mol. The topological polar surface area (TPSA) is 175 Å². The lowest BCUT2D eigenvalue weighted by Gasteiger charge is -2.01. The van der Waals surface area contributed by atoms with Gasteiger partial charge >= 0.3 is 0 Å². The molecule has 0 aliphatic heterocycles. The average Bonchev–Trinajstić information content (AvgIpc) is 3.58. The van der Waals surface area contributed by atoms with Crippen molar-refractivity contribution >= 4 is 22.9 Å². The second kappa shape index (κ2) is 11.9. The predicted octanol–water partition coefficient (Wildman–Crippen LogP) is 3.81. The highest BCUT2D eigenvalue weighted by Gasteiger charge is 2.18. The molecule has 0 saturated heterocycles. The highest BCUT2D eigenvalue weighted by Crippen LogP contribution is 2.24. The van der Waals surface area contributed by atoms with E-state index in [-0.39, 0.29) is 35.8 Å². The number of halogens is 2. The maximum absolute atomic E-state index is 14.0. The van der Waals surface area contributed by atoms with Crippen molar-refractivity contribution in [1.82, 2.24) is 44.1 Å². The van der Waals surface area contributed by atoms with Crippen LogP contribution in [-0.2, 0) is 12.8 Å². The van der Waals surface area contributed by atoms with Crippen LogP contribution in [0.2, 0.25) is 0 Å². The van der Waals surface area contributed by atoms with Gasteiger partial charge in [-0.3, -0.25) is 0 Å². The summed E-state index contributed by atoms with van der Waals surface area (Å²) in [5.74, 6) is 0.770. The van der Waals surface area contributed by atoms with E-state index in [4.69, 9.17) is 16.7 Å². The van der Waals surface area contributed by atoms with E-state index in [0.29, 0.717) is 51.6 Å². The van der Waals surface area contributed by atoms with Crippen molar-refractivity contribution in [3.05, 3.63) is 125 Å². The minimum atomic E-state index is -0.301. The summed E-state index contributed by atoms with van der Waals surface area (Å²) in [6.45, 7) is 0. The minimum Gasteiger partial charge on any atom is -0.368 e. The van der Waals surface area contributed by atoms with E-state index in [0.717, 1.165) is 0 Å². The average molecular weight is 589 g/mol. The first-order valence-corrected chi connectivity index (χ1v) is 13.2. The number of nitrogen functional groups attached to an aromatic ring is 2. The highest BCUT2D eigenvalue weighted by atomic mass is 19.1. The van der Waals surface area contributed by atoms with E-state index in [2.05, 4.69) is 35.1 Å². The second-order valence-corrected chi connectivity index (χ2v) is 9.42. The Morgan fingerprint density at radius 1 is 0.636 bits per heavy atom. The number of nitrogens with two attached hydrogens (primary N) is 2. The maximum atomic E-state index is 14.0. The SMILES string of the molecule is N#Cc1nc(Cc2ccccc2F)n2ncccc12.Nc1nc(N)nc(-c2nc(Cc3ccccc3F)n3ncccc23)n1. The van der Waals surface area contributed by atoms with Crippen LogP contribution in [-0.4, -0.2) is 44.1 Å². The molecule has 0 bridgehead atoms. The molecule has 0 spiro atoms. The van der Waals surface area contributed by atoms with Crippen molar-refractivity contribution in [2.75, 3.05) is 11.5 Å². The molecule has 0 aliphatic carbocycles. The molecule has 2 aromatic carbocycles. The molecule has 14 heteroatoms. The van der Waals surface area contributed by atoms with Crippen LogP contribution in [0.4, 0.5) is 20.7 Å². The number of nitriles is 1. The quantitative estimate of drug-likeness (QED) is 0.301. The molecule has 0 aliphatic rings.